The highest BCUT2D eigenvalue weighted by molar-refractivity contribution is 6.30. The van der Waals surface area contributed by atoms with Gasteiger partial charge in [-0.3, -0.25) is 4.79 Å². The second-order valence-corrected chi connectivity index (χ2v) is 4.03. The molecule has 0 saturated carbocycles. The lowest BCUT2D eigenvalue weighted by atomic mass is 10.2. The summed E-state index contributed by atoms with van der Waals surface area (Å²) in [5, 5.41) is 4.85. The third kappa shape index (κ3) is 2.49. The second-order valence-electron chi connectivity index (χ2n) is 3.60. The molecule has 1 aromatic heterocycles. The van der Waals surface area contributed by atoms with Gasteiger partial charge in [0.05, 0.1) is 12.2 Å². The molecule has 1 heterocycles. The Bertz CT molecular complexity index is 546. The fourth-order valence-electron chi connectivity index (χ4n) is 1.43. The predicted octanol–water partition coefficient (Wildman–Crippen LogP) is 2.25. The van der Waals surface area contributed by atoms with Crippen molar-refractivity contribution in [2.45, 2.75) is 13.5 Å². The maximum Gasteiger partial charge on any atom is 0.267 e. The van der Waals surface area contributed by atoms with Crippen LogP contribution in [0.3, 0.4) is 0 Å². The summed E-state index contributed by atoms with van der Waals surface area (Å²) in [6.07, 6.45) is 0. The average molecular weight is 235 g/mol. The van der Waals surface area contributed by atoms with Crippen LogP contribution >= 0.6 is 11.6 Å². The molecule has 0 N–H and O–H groups in total. The molecule has 0 bridgehead atoms. The van der Waals surface area contributed by atoms with E-state index in [9.17, 15) is 4.79 Å². The molecule has 0 amide bonds. The summed E-state index contributed by atoms with van der Waals surface area (Å²) in [4.78, 5) is 11.5. The van der Waals surface area contributed by atoms with Crippen molar-refractivity contribution in [3.63, 3.8) is 0 Å². The largest absolute Gasteiger partial charge is 0.268 e. The standard InChI is InChI=1S/C12H11ClN2O/c1-9-2-7-12(16)15(14-9)8-10-3-5-11(13)6-4-10/h2-7H,8H2,1H3. The van der Waals surface area contributed by atoms with Crippen LogP contribution in [0.2, 0.25) is 5.02 Å². The van der Waals surface area contributed by atoms with E-state index in [1.54, 1.807) is 18.2 Å². The van der Waals surface area contributed by atoms with Gasteiger partial charge in [0, 0.05) is 11.1 Å². The number of aromatic nitrogens is 2. The Morgan fingerprint density at radius 1 is 1.19 bits per heavy atom. The van der Waals surface area contributed by atoms with Crippen molar-refractivity contribution in [1.82, 2.24) is 9.78 Å². The highest BCUT2D eigenvalue weighted by atomic mass is 35.5. The summed E-state index contributed by atoms with van der Waals surface area (Å²) < 4.78 is 1.44. The highest BCUT2D eigenvalue weighted by Gasteiger charge is 1.99. The van der Waals surface area contributed by atoms with Crippen molar-refractivity contribution < 1.29 is 0 Å². The van der Waals surface area contributed by atoms with E-state index in [-0.39, 0.29) is 5.56 Å². The lowest BCUT2D eigenvalue weighted by Gasteiger charge is -2.05. The maximum atomic E-state index is 11.5. The number of halogens is 1. The van der Waals surface area contributed by atoms with E-state index in [1.807, 2.05) is 19.1 Å². The Labute approximate surface area is 98.3 Å². The summed E-state index contributed by atoms with van der Waals surface area (Å²) >= 11 is 5.79. The smallest absolute Gasteiger partial charge is 0.267 e. The molecule has 0 saturated heterocycles. The SMILES string of the molecule is Cc1ccc(=O)n(Cc2ccc(Cl)cc2)n1. The van der Waals surface area contributed by atoms with E-state index in [1.165, 1.54) is 10.7 Å². The molecule has 2 aromatic rings. The minimum atomic E-state index is -0.0967. The van der Waals surface area contributed by atoms with Gasteiger partial charge in [-0.1, -0.05) is 23.7 Å². The Balaban J connectivity index is 2.30. The van der Waals surface area contributed by atoms with Gasteiger partial charge in [0.25, 0.3) is 5.56 Å². The molecule has 0 atom stereocenters. The first-order chi connectivity index (χ1) is 7.65. The van der Waals surface area contributed by atoms with Gasteiger partial charge in [-0.15, -0.1) is 0 Å². The molecular weight excluding hydrogens is 224 g/mol. The Hall–Kier alpha value is -1.61. The Kier molecular flexibility index (Phi) is 3.06. The Morgan fingerprint density at radius 2 is 1.88 bits per heavy atom. The Morgan fingerprint density at radius 3 is 2.56 bits per heavy atom. The molecule has 3 nitrogen and oxygen atoms in total. The van der Waals surface area contributed by atoms with E-state index < -0.39 is 0 Å². The molecule has 0 spiro atoms. The van der Waals surface area contributed by atoms with E-state index in [2.05, 4.69) is 5.10 Å². The minimum Gasteiger partial charge on any atom is -0.268 e. The van der Waals surface area contributed by atoms with Gasteiger partial charge < -0.3 is 0 Å². The predicted molar refractivity (Wildman–Crippen MR) is 63.8 cm³/mol. The topological polar surface area (TPSA) is 34.9 Å². The van der Waals surface area contributed by atoms with Gasteiger partial charge in [0.1, 0.15) is 0 Å². The van der Waals surface area contributed by atoms with Crippen LogP contribution in [0, 0.1) is 6.92 Å². The van der Waals surface area contributed by atoms with Crippen molar-refractivity contribution in [2.75, 3.05) is 0 Å². The fourth-order valence-corrected chi connectivity index (χ4v) is 1.55. The van der Waals surface area contributed by atoms with Gasteiger partial charge in [0.2, 0.25) is 0 Å². The monoisotopic (exact) mass is 234 g/mol. The van der Waals surface area contributed by atoms with Gasteiger partial charge >= 0.3 is 0 Å². The molecule has 0 unspecified atom stereocenters. The normalized spacial score (nSPS) is 10.4. The minimum absolute atomic E-state index is 0.0967. The lowest BCUT2D eigenvalue weighted by molar-refractivity contribution is 0.628. The van der Waals surface area contributed by atoms with Gasteiger partial charge in [-0.05, 0) is 30.7 Å². The zero-order chi connectivity index (χ0) is 11.5. The van der Waals surface area contributed by atoms with Crippen LogP contribution in [-0.2, 0) is 6.54 Å². The van der Waals surface area contributed by atoms with Crippen molar-refractivity contribution in [1.29, 1.82) is 0 Å². The zero-order valence-corrected chi connectivity index (χ0v) is 9.61. The third-order valence-electron chi connectivity index (χ3n) is 2.25. The molecule has 82 valence electrons. The molecule has 2 rings (SSSR count). The average Bonchev–Trinajstić information content (AvgIpc) is 2.27. The molecular formula is C12H11ClN2O. The summed E-state index contributed by atoms with van der Waals surface area (Å²) in [7, 11) is 0. The lowest BCUT2D eigenvalue weighted by Crippen LogP contribution is -2.22. The highest BCUT2D eigenvalue weighted by Crippen LogP contribution is 2.09. The van der Waals surface area contributed by atoms with E-state index in [0.717, 1.165) is 11.3 Å². The molecule has 0 fully saturated rings. The first-order valence-corrected chi connectivity index (χ1v) is 5.32. The van der Waals surface area contributed by atoms with E-state index >= 15 is 0 Å². The zero-order valence-electron chi connectivity index (χ0n) is 8.85. The number of rotatable bonds is 2. The summed E-state index contributed by atoms with van der Waals surface area (Å²) in [6.45, 7) is 2.33. The number of hydrogen-bond acceptors (Lipinski definition) is 2. The van der Waals surface area contributed by atoms with Gasteiger partial charge in [-0.25, -0.2) is 4.68 Å². The maximum absolute atomic E-state index is 11.5. The first-order valence-electron chi connectivity index (χ1n) is 4.94. The third-order valence-corrected chi connectivity index (χ3v) is 2.50. The summed E-state index contributed by atoms with van der Waals surface area (Å²) in [5.41, 5.74) is 1.73. The second kappa shape index (κ2) is 4.49. The molecule has 0 aliphatic rings. The molecule has 0 radical (unpaired) electrons. The number of hydrogen-bond donors (Lipinski definition) is 0. The number of benzene rings is 1. The fraction of sp³-hybridized carbons (Fsp3) is 0.167. The van der Waals surface area contributed by atoms with Crippen LogP contribution in [0.25, 0.3) is 0 Å². The molecule has 4 heteroatoms. The van der Waals surface area contributed by atoms with E-state index in [0.29, 0.717) is 11.6 Å². The van der Waals surface area contributed by atoms with Crippen molar-refractivity contribution in [3.8, 4) is 0 Å². The van der Waals surface area contributed by atoms with Crippen LogP contribution in [-0.4, -0.2) is 9.78 Å². The van der Waals surface area contributed by atoms with Crippen LogP contribution in [0.15, 0.2) is 41.2 Å². The number of aryl methyl sites for hydroxylation is 1. The first kappa shape index (κ1) is 10.9. The van der Waals surface area contributed by atoms with Gasteiger partial charge in [-0.2, -0.15) is 5.10 Å². The molecule has 1 aromatic carbocycles. The van der Waals surface area contributed by atoms with Crippen molar-refractivity contribution >= 4 is 11.6 Å². The van der Waals surface area contributed by atoms with Crippen LogP contribution in [0.1, 0.15) is 11.3 Å². The molecule has 0 aliphatic heterocycles. The molecule has 16 heavy (non-hydrogen) atoms. The van der Waals surface area contributed by atoms with Crippen molar-refractivity contribution in [2.24, 2.45) is 0 Å². The van der Waals surface area contributed by atoms with Crippen molar-refractivity contribution in [3.05, 3.63) is 63.0 Å². The summed E-state index contributed by atoms with van der Waals surface area (Å²) in [5.74, 6) is 0. The van der Waals surface area contributed by atoms with Crippen LogP contribution < -0.4 is 5.56 Å². The van der Waals surface area contributed by atoms with Crippen LogP contribution in [0.4, 0.5) is 0 Å². The van der Waals surface area contributed by atoms with E-state index in [4.69, 9.17) is 11.6 Å². The van der Waals surface area contributed by atoms with Gasteiger partial charge in [0.15, 0.2) is 0 Å². The number of nitrogens with zero attached hydrogens (tertiary/aromatic N) is 2. The quantitative estimate of drug-likeness (QED) is 0.799. The van der Waals surface area contributed by atoms with Crippen LogP contribution in [0.5, 0.6) is 0 Å². The molecule has 0 aliphatic carbocycles. The summed E-state index contributed by atoms with van der Waals surface area (Å²) in [6, 6.07) is 10.6.